The van der Waals surface area contributed by atoms with Crippen molar-refractivity contribution in [2.75, 3.05) is 6.61 Å². The number of carbonyl (C=O) groups excluding carboxylic acids is 1. The predicted molar refractivity (Wildman–Crippen MR) is 75.9 cm³/mol. The first-order valence-electron chi connectivity index (χ1n) is 5.44. The van der Waals surface area contributed by atoms with Crippen molar-refractivity contribution in [2.24, 2.45) is 0 Å². The van der Waals surface area contributed by atoms with Crippen LogP contribution in [0, 0.1) is 10.5 Å². The van der Waals surface area contributed by atoms with E-state index in [-0.39, 0.29) is 23.4 Å². The van der Waals surface area contributed by atoms with Crippen molar-refractivity contribution in [3.63, 3.8) is 0 Å². The number of hydrogen-bond donors (Lipinski definition) is 0. The molecule has 1 heterocycles. The van der Waals surface area contributed by atoms with Gasteiger partial charge in [0.25, 0.3) is 0 Å². The molecule has 0 bridgehead atoms. The van der Waals surface area contributed by atoms with Crippen molar-refractivity contribution >= 4 is 39.5 Å². The van der Waals surface area contributed by atoms with Gasteiger partial charge in [-0.25, -0.2) is 4.79 Å². The lowest BCUT2D eigenvalue weighted by molar-refractivity contribution is 0.0521. The molecular formula is C13H11IO4. The second-order valence-corrected chi connectivity index (χ2v) is 4.97. The molecule has 0 N–H and O–H groups in total. The molecule has 0 aliphatic rings. The average molecular weight is 358 g/mol. The second-order valence-electron chi connectivity index (χ2n) is 3.72. The minimum Gasteiger partial charge on any atom is -0.462 e. The van der Waals surface area contributed by atoms with Gasteiger partial charge < -0.3 is 9.15 Å². The third kappa shape index (κ3) is 2.27. The van der Waals surface area contributed by atoms with Gasteiger partial charge in [0.05, 0.1) is 12.0 Å². The molecule has 0 radical (unpaired) electrons. The molecule has 1 aromatic carbocycles. The summed E-state index contributed by atoms with van der Waals surface area (Å²) >= 11 is 2.10. The van der Waals surface area contributed by atoms with E-state index in [1.807, 2.05) is 6.07 Å². The summed E-state index contributed by atoms with van der Waals surface area (Å²) in [5, 5.41) is 0.399. The minimum absolute atomic E-state index is 0.0219. The smallest absolute Gasteiger partial charge is 0.345 e. The Balaban J connectivity index is 2.75. The van der Waals surface area contributed by atoms with Crippen molar-refractivity contribution < 1.29 is 13.9 Å². The molecule has 94 valence electrons. The molecule has 0 spiro atoms. The van der Waals surface area contributed by atoms with E-state index in [9.17, 15) is 9.59 Å². The van der Waals surface area contributed by atoms with Crippen molar-refractivity contribution in [1.29, 1.82) is 0 Å². The Morgan fingerprint density at radius 2 is 2.17 bits per heavy atom. The van der Waals surface area contributed by atoms with Crippen LogP contribution in [0.5, 0.6) is 0 Å². The summed E-state index contributed by atoms with van der Waals surface area (Å²) in [6.45, 7) is 3.51. The molecular weight excluding hydrogens is 347 g/mol. The summed E-state index contributed by atoms with van der Waals surface area (Å²) < 4.78 is 11.3. The molecule has 0 aliphatic carbocycles. The molecule has 0 saturated carbocycles. The second kappa shape index (κ2) is 5.09. The first-order valence-corrected chi connectivity index (χ1v) is 6.52. The molecule has 0 unspecified atom stereocenters. The van der Waals surface area contributed by atoms with Crippen LogP contribution in [0.3, 0.4) is 0 Å². The molecule has 0 atom stereocenters. The minimum atomic E-state index is -0.635. The van der Waals surface area contributed by atoms with E-state index in [2.05, 4.69) is 22.6 Å². The highest BCUT2D eigenvalue weighted by atomic mass is 127. The van der Waals surface area contributed by atoms with E-state index in [1.54, 1.807) is 26.0 Å². The van der Waals surface area contributed by atoms with Gasteiger partial charge in [0.2, 0.25) is 5.43 Å². The van der Waals surface area contributed by atoms with Crippen LogP contribution in [-0.2, 0) is 4.74 Å². The summed E-state index contributed by atoms with van der Waals surface area (Å²) in [5.74, 6) is -0.350. The van der Waals surface area contributed by atoms with Crippen LogP contribution in [0.1, 0.15) is 23.0 Å². The van der Waals surface area contributed by atoms with Gasteiger partial charge in [-0.3, -0.25) is 4.79 Å². The number of halogens is 1. The first kappa shape index (κ1) is 13.1. The van der Waals surface area contributed by atoms with E-state index in [1.165, 1.54) is 0 Å². The molecule has 0 saturated heterocycles. The highest BCUT2D eigenvalue weighted by molar-refractivity contribution is 14.1. The number of carbonyl (C=O) groups is 1. The number of fused-ring (bicyclic) bond motifs is 1. The Hall–Kier alpha value is -1.37. The molecule has 1 aromatic heterocycles. The summed E-state index contributed by atoms with van der Waals surface area (Å²) in [5.41, 5.74) is 0.114. The van der Waals surface area contributed by atoms with Gasteiger partial charge >= 0.3 is 5.97 Å². The lowest BCUT2D eigenvalue weighted by Gasteiger charge is -2.06. The largest absolute Gasteiger partial charge is 0.462 e. The van der Waals surface area contributed by atoms with E-state index in [0.717, 1.165) is 3.57 Å². The molecule has 0 fully saturated rings. The Morgan fingerprint density at radius 3 is 2.83 bits per heavy atom. The van der Waals surface area contributed by atoms with Crippen LogP contribution in [0.25, 0.3) is 11.0 Å². The third-order valence-electron chi connectivity index (χ3n) is 2.51. The fourth-order valence-electron chi connectivity index (χ4n) is 1.72. The van der Waals surface area contributed by atoms with Gasteiger partial charge in [-0.1, -0.05) is 0 Å². The summed E-state index contributed by atoms with van der Waals surface area (Å²) in [7, 11) is 0. The van der Waals surface area contributed by atoms with Crippen LogP contribution in [-0.4, -0.2) is 12.6 Å². The number of rotatable bonds is 2. The standard InChI is InChI=1S/C13H11IO4/c1-3-17-13(16)11-7(2)18-10-5-4-8(14)6-9(10)12(11)15/h4-6H,3H2,1-2H3. The third-order valence-corrected chi connectivity index (χ3v) is 3.18. The Morgan fingerprint density at radius 1 is 1.44 bits per heavy atom. The van der Waals surface area contributed by atoms with Crippen LogP contribution in [0.15, 0.2) is 27.4 Å². The summed E-state index contributed by atoms with van der Waals surface area (Å²) in [4.78, 5) is 24.0. The molecule has 2 aromatic rings. The maximum absolute atomic E-state index is 12.3. The van der Waals surface area contributed by atoms with Crippen molar-refractivity contribution in [3.05, 3.63) is 43.3 Å². The maximum atomic E-state index is 12.3. The van der Waals surface area contributed by atoms with Crippen molar-refractivity contribution in [2.45, 2.75) is 13.8 Å². The van der Waals surface area contributed by atoms with Gasteiger partial charge in [-0.2, -0.15) is 0 Å². The van der Waals surface area contributed by atoms with E-state index < -0.39 is 5.97 Å². The van der Waals surface area contributed by atoms with Gasteiger partial charge in [0.15, 0.2) is 0 Å². The lowest BCUT2D eigenvalue weighted by atomic mass is 10.1. The summed E-state index contributed by atoms with van der Waals surface area (Å²) in [6, 6.07) is 5.26. The monoisotopic (exact) mass is 358 g/mol. The Bertz CT molecular complexity index is 672. The van der Waals surface area contributed by atoms with Crippen LogP contribution >= 0.6 is 22.6 Å². The number of ether oxygens (including phenoxy) is 1. The van der Waals surface area contributed by atoms with Crippen molar-refractivity contribution in [3.8, 4) is 0 Å². The number of benzene rings is 1. The fraction of sp³-hybridized carbons (Fsp3) is 0.231. The highest BCUT2D eigenvalue weighted by Gasteiger charge is 2.19. The molecule has 5 heteroatoms. The zero-order valence-corrected chi connectivity index (χ0v) is 12.1. The average Bonchev–Trinajstić information content (AvgIpc) is 2.31. The Labute approximate surface area is 117 Å². The number of aryl methyl sites for hydroxylation is 1. The normalized spacial score (nSPS) is 10.6. The molecule has 4 nitrogen and oxygen atoms in total. The molecule has 2 rings (SSSR count). The highest BCUT2D eigenvalue weighted by Crippen LogP contribution is 2.18. The predicted octanol–water partition coefficient (Wildman–Crippen LogP) is 2.88. The quantitative estimate of drug-likeness (QED) is 0.612. The maximum Gasteiger partial charge on any atom is 0.345 e. The number of hydrogen-bond acceptors (Lipinski definition) is 4. The molecule has 0 aliphatic heterocycles. The van der Waals surface area contributed by atoms with Gasteiger partial charge in [0, 0.05) is 3.57 Å². The SMILES string of the molecule is CCOC(=O)c1c(C)oc2ccc(I)cc2c1=O. The zero-order chi connectivity index (χ0) is 13.3. The van der Waals surface area contributed by atoms with Gasteiger partial charge in [-0.05, 0) is 54.6 Å². The molecule has 18 heavy (non-hydrogen) atoms. The Kier molecular flexibility index (Phi) is 3.70. The van der Waals surface area contributed by atoms with E-state index in [4.69, 9.17) is 9.15 Å². The van der Waals surface area contributed by atoms with Crippen molar-refractivity contribution in [1.82, 2.24) is 0 Å². The first-order chi connectivity index (χ1) is 8.54. The fourth-order valence-corrected chi connectivity index (χ4v) is 2.21. The topological polar surface area (TPSA) is 56.5 Å². The summed E-state index contributed by atoms with van der Waals surface area (Å²) in [6.07, 6.45) is 0. The van der Waals surface area contributed by atoms with E-state index in [0.29, 0.717) is 11.0 Å². The van der Waals surface area contributed by atoms with E-state index >= 15 is 0 Å². The van der Waals surface area contributed by atoms with Crippen LogP contribution < -0.4 is 5.43 Å². The van der Waals surface area contributed by atoms with Crippen LogP contribution in [0.4, 0.5) is 0 Å². The molecule has 0 amide bonds. The number of esters is 1. The van der Waals surface area contributed by atoms with Gasteiger partial charge in [0.1, 0.15) is 16.9 Å². The van der Waals surface area contributed by atoms with Crippen LogP contribution in [0.2, 0.25) is 0 Å². The lowest BCUT2D eigenvalue weighted by Crippen LogP contribution is -2.19. The zero-order valence-electron chi connectivity index (χ0n) is 9.95. The van der Waals surface area contributed by atoms with Gasteiger partial charge in [-0.15, -0.1) is 0 Å².